The molecule has 0 aromatic heterocycles. The molecule has 0 heterocycles. The third-order valence-corrected chi connectivity index (χ3v) is 9.67. The van der Waals surface area contributed by atoms with Crippen LogP contribution < -0.4 is 0 Å². The van der Waals surface area contributed by atoms with Crippen molar-refractivity contribution in [2.45, 2.75) is 71.4 Å². The van der Waals surface area contributed by atoms with Gasteiger partial charge in [-0.05, 0) is 36.5 Å². The van der Waals surface area contributed by atoms with E-state index < -0.39 is 8.32 Å². The standard InChI is InChI=1S/C21H36O2Si/c1-8-19(9-2)20(23-24(6,7)21(3,4)5)15-16-22-17-18-13-11-10-12-14-18/h8,10-14,19-20H,1,9,15-17H2,2-7H3/t19-,20+/m0/s1. The molecule has 0 saturated heterocycles. The largest absolute Gasteiger partial charge is 0.413 e. The highest BCUT2D eigenvalue weighted by atomic mass is 28.4. The number of rotatable bonds is 10. The Labute approximate surface area is 150 Å². The average Bonchev–Trinajstić information content (AvgIpc) is 2.52. The molecular weight excluding hydrogens is 312 g/mol. The summed E-state index contributed by atoms with van der Waals surface area (Å²) in [6, 6.07) is 10.3. The van der Waals surface area contributed by atoms with E-state index in [0.717, 1.165) is 19.4 Å². The molecule has 136 valence electrons. The molecule has 0 amide bonds. The molecule has 1 aromatic rings. The quantitative estimate of drug-likeness (QED) is 0.285. The molecule has 24 heavy (non-hydrogen) atoms. The number of benzene rings is 1. The van der Waals surface area contributed by atoms with E-state index in [1.54, 1.807) is 0 Å². The van der Waals surface area contributed by atoms with Crippen molar-refractivity contribution < 1.29 is 9.16 Å². The van der Waals surface area contributed by atoms with Crippen molar-refractivity contribution in [3.05, 3.63) is 48.6 Å². The molecule has 0 bridgehead atoms. The Morgan fingerprint density at radius 1 is 1.17 bits per heavy atom. The Balaban J connectivity index is 2.61. The molecular formula is C21H36O2Si. The summed E-state index contributed by atoms with van der Waals surface area (Å²) in [4.78, 5) is 0. The summed E-state index contributed by atoms with van der Waals surface area (Å²) in [5.74, 6) is 0.388. The van der Waals surface area contributed by atoms with Gasteiger partial charge >= 0.3 is 0 Å². The van der Waals surface area contributed by atoms with Gasteiger partial charge in [-0.3, -0.25) is 0 Å². The fourth-order valence-corrected chi connectivity index (χ4v) is 3.86. The lowest BCUT2D eigenvalue weighted by Crippen LogP contribution is -2.45. The number of ether oxygens (including phenoxy) is 1. The minimum Gasteiger partial charge on any atom is -0.413 e. The van der Waals surface area contributed by atoms with E-state index in [1.807, 2.05) is 18.2 Å². The topological polar surface area (TPSA) is 18.5 Å². The first-order valence-corrected chi connectivity index (χ1v) is 12.0. The van der Waals surface area contributed by atoms with E-state index >= 15 is 0 Å². The van der Waals surface area contributed by atoms with Crippen LogP contribution in [0.5, 0.6) is 0 Å². The SMILES string of the molecule is C=C[C@@H](CC)[C@@H](CCOCc1ccccc1)O[Si](C)(C)C(C)(C)C. The van der Waals surface area contributed by atoms with Gasteiger partial charge in [0, 0.05) is 12.5 Å². The fraction of sp³-hybridized carbons (Fsp3) is 0.619. The first kappa shape index (κ1) is 21.1. The molecule has 2 nitrogen and oxygen atoms in total. The molecule has 0 fully saturated rings. The van der Waals surface area contributed by atoms with Crippen LogP contribution in [0, 0.1) is 5.92 Å². The maximum atomic E-state index is 6.69. The lowest BCUT2D eigenvalue weighted by Gasteiger charge is -2.41. The Morgan fingerprint density at radius 2 is 1.79 bits per heavy atom. The molecule has 0 N–H and O–H groups in total. The van der Waals surface area contributed by atoms with E-state index in [4.69, 9.17) is 9.16 Å². The molecule has 0 spiro atoms. The zero-order chi connectivity index (χ0) is 18.2. The van der Waals surface area contributed by atoms with Crippen LogP contribution in [0.3, 0.4) is 0 Å². The molecule has 0 unspecified atom stereocenters. The van der Waals surface area contributed by atoms with E-state index in [2.05, 4.69) is 65.6 Å². The predicted octanol–water partition coefficient (Wildman–Crippen LogP) is 6.20. The van der Waals surface area contributed by atoms with Gasteiger partial charge in [0.1, 0.15) is 0 Å². The van der Waals surface area contributed by atoms with Gasteiger partial charge in [0.2, 0.25) is 0 Å². The van der Waals surface area contributed by atoms with Crippen LogP contribution >= 0.6 is 0 Å². The minimum atomic E-state index is -1.79. The molecule has 1 rings (SSSR count). The monoisotopic (exact) mass is 348 g/mol. The third kappa shape index (κ3) is 6.54. The Bertz CT molecular complexity index is 476. The Kier molecular flexibility index (Phi) is 8.41. The smallest absolute Gasteiger partial charge is 0.192 e. The second kappa shape index (κ2) is 9.55. The maximum Gasteiger partial charge on any atom is 0.192 e. The van der Waals surface area contributed by atoms with Crippen LogP contribution in [0.25, 0.3) is 0 Å². The highest BCUT2D eigenvalue weighted by molar-refractivity contribution is 6.74. The summed E-state index contributed by atoms with van der Waals surface area (Å²) in [7, 11) is -1.79. The molecule has 0 radical (unpaired) electrons. The minimum absolute atomic E-state index is 0.198. The van der Waals surface area contributed by atoms with Crippen LogP contribution in [-0.2, 0) is 15.8 Å². The second-order valence-electron chi connectivity index (χ2n) is 8.05. The highest BCUT2D eigenvalue weighted by Gasteiger charge is 2.40. The molecule has 2 atom stereocenters. The van der Waals surface area contributed by atoms with E-state index in [0.29, 0.717) is 12.5 Å². The summed E-state index contributed by atoms with van der Waals surface area (Å²) in [5.41, 5.74) is 1.22. The normalized spacial score (nSPS) is 15.1. The summed E-state index contributed by atoms with van der Waals surface area (Å²) in [5, 5.41) is 0.218. The molecule has 0 aliphatic heterocycles. The summed E-state index contributed by atoms with van der Waals surface area (Å²) >= 11 is 0. The summed E-state index contributed by atoms with van der Waals surface area (Å²) in [6.45, 7) is 19.1. The van der Waals surface area contributed by atoms with Gasteiger partial charge in [-0.15, -0.1) is 6.58 Å². The van der Waals surface area contributed by atoms with Gasteiger partial charge in [0.25, 0.3) is 0 Å². The summed E-state index contributed by atoms with van der Waals surface area (Å²) in [6.07, 6.45) is 4.23. The van der Waals surface area contributed by atoms with Gasteiger partial charge in [-0.2, -0.15) is 0 Å². The van der Waals surface area contributed by atoms with E-state index in [1.165, 1.54) is 5.56 Å². The lowest BCUT2D eigenvalue weighted by atomic mass is 9.97. The number of hydrogen-bond donors (Lipinski definition) is 0. The van der Waals surface area contributed by atoms with E-state index in [9.17, 15) is 0 Å². The Morgan fingerprint density at radius 3 is 2.29 bits per heavy atom. The van der Waals surface area contributed by atoms with Crippen LogP contribution in [0.15, 0.2) is 43.0 Å². The molecule has 0 saturated carbocycles. The molecule has 0 aliphatic rings. The van der Waals surface area contributed by atoms with Crippen molar-refractivity contribution in [2.24, 2.45) is 5.92 Å². The zero-order valence-electron chi connectivity index (χ0n) is 16.5. The van der Waals surface area contributed by atoms with Crippen LogP contribution in [-0.4, -0.2) is 21.0 Å². The summed E-state index contributed by atoms with van der Waals surface area (Å²) < 4.78 is 12.6. The van der Waals surface area contributed by atoms with Crippen molar-refractivity contribution in [3.63, 3.8) is 0 Å². The maximum absolute atomic E-state index is 6.69. The van der Waals surface area contributed by atoms with Crippen molar-refractivity contribution in [1.82, 2.24) is 0 Å². The van der Waals surface area contributed by atoms with Gasteiger partial charge in [0.05, 0.1) is 12.7 Å². The van der Waals surface area contributed by atoms with Crippen molar-refractivity contribution in [3.8, 4) is 0 Å². The first-order valence-electron chi connectivity index (χ1n) is 9.13. The first-order chi connectivity index (χ1) is 11.2. The van der Waals surface area contributed by atoms with Crippen LogP contribution in [0.2, 0.25) is 18.1 Å². The van der Waals surface area contributed by atoms with Gasteiger partial charge < -0.3 is 9.16 Å². The Hall–Kier alpha value is -0.903. The second-order valence-corrected chi connectivity index (χ2v) is 12.8. The predicted molar refractivity (Wildman–Crippen MR) is 107 cm³/mol. The highest BCUT2D eigenvalue weighted by Crippen LogP contribution is 2.38. The molecule has 1 aromatic carbocycles. The van der Waals surface area contributed by atoms with Gasteiger partial charge in [-0.1, -0.05) is 64.1 Å². The molecule has 0 aliphatic carbocycles. The fourth-order valence-electron chi connectivity index (χ4n) is 2.46. The van der Waals surface area contributed by atoms with Gasteiger partial charge in [-0.25, -0.2) is 0 Å². The average molecular weight is 349 g/mol. The van der Waals surface area contributed by atoms with Crippen molar-refractivity contribution in [2.75, 3.05) is 6.61 Å². The van der Waals surface area contributed by atoms with E-state index in [-0.39, 0.29) is 11.1 Å². The van der Waals surface area contributed by atoms with Crippen molar-refractivity contribution in [1.29, 1.82) is 0 Å². The van der Waals surface area contributed by atoms with Crippen LogP contribution in [0.1, 0.15) is 46.1 Å². The third-order valence-electron chi connectivity index (χ3n) is 5.16. The van der Waals surface area contributed by atoms with Crippen LogP contribution in [0.4, 0.5) is 0 Å². The number of hydrogen-bond acceptors (Lipinski definition) is 2. The molecule has 3 heteroatoms. The van der Waals surface area contributed by atoms with Crippen molar-refractivity contribution >= 4 is 8.32 Å². The van der Waals surface area contributed by atoms with Gasteiger partial charge in [0.15, 0.2) is 8.32 Å². The zero-order valence-corrected chi connectivity index (χ0v) is 17.5. The lowest BCUT2D eigenvalue weighted by molar-refractivity contribution is 0.0603.